The number of amides is 2. The molecule has 0 radical (unpaired) electrons. The van der Waals surface area contributed by atoms with Crippen molar-refractivity contribution >= 4 is 23.2 Å². The molecular formula is C14H22N4O2S. The number of hydrogen-bond donors (Lipinski definition) is 2. The fourth-order valence-electron chi connectivity index (χ4n) is 1.71. The van der Waals surface area contributed by atoms with Gasteiger partial charge in [0.15, 0.2) is 0 Å². The molecule has 0 fully saturated rings. The zero-order valence-electron chi connectivity index (χ0n) is 12.7. The lowest BCUT2D eigenvalue weighted by Crippen LogP contribution is -2.47. The maximum atomic E-state index is 11.7. The third-order valence-electron chi connectivity index (χ3n) is 2.63. The van der Waals surface area contributed by atoms with Crippen molar-refractivity contribution in [2.45, 2.75) is 27.2 Å². The first-order chi connectivity index (χ1) is 9.90. The molecule has 0 aliphatic carbocycles. The van der Waals surface area contributed by atoms with Crippen molar-refractivity contribution in [1.82, 2.24) is 20.7 Å². The van der Waals surface area contributed by atoms with Crippen molar-refractivity contribution in [3.63, 3.8) is 0 Å². The summed E-state index contributed by atoms with van der Waals surface area (Å²) < 4.78 is 0. The summed E-state index contributed by atoms with van der Waals surface area (Å²) in [6.45, 7) is 11.2. The third kappa shape index (κ3) is 7.01. The molecule has 1 aromatic rings. The molecule has 0 unspecified atom stereocenters. The molecule has 1 heterocycles. The summed E-state index contributed by atoms with van der Waals surface area (Å²) in [5.41, 5.74) is 6.70. The van der Waals surface area contributed by atoms with Crippen LogP contribution in [0.3, 0.4) is 0 Å². The molecule has 6 nitrogen and oxygen atoms in total. The van der Waals surface area contributed by atoms with Gasteiger partial charge in [0, 0.05) is 17.6 Å². The maximum absolute atomic E-state index is 11.7. The molecule has 0 atom stereocenters. The molecule has 2 N–H and O–H groups in total. The van der Waals surface area contributed by atoms with Crippen LogP contribution in [0, 0.1) is 6.92 Å². The van der Waals surface area contributed by atoms with E-state index in [2.05, 4.69) is 22.4 Å². The first kappa shape index (κ1) is 17.3. The Kier molecular flexibility index (Phi) is 7.04. The summed E-state index contributed by atoms with van der Waals surface area (Å²) in [6, 6.07) is 0. The van der Waals surface area contributed by atoms with Crippen molar-refractivity contribution in [1.29, 1.82) is 0 Å². The first-order valence-corrected chi connectivity index (χ1v) is 7.64. The number of nitrogens with one attached hydrogen (secondary N) is 2. The quantitative estimate of drug-likeness (QED) is 0.583. The number of aromatic nitrogens is 1. The van der Waals surface area contributed by atoms with Gasteiger partial charge in [-0.25, -0.2) is 4.98 Å². The Morgan fingerprint density at radius 1 is 1.33 bits per heavy atom. The lowest BCUT2D eigenvalue weighted by molar-refractivity contribution is -0.129. The summed E-state index contributed by atoms with van der Waals surface area (Å²) >= 11 is 1.43. The van der Waals surface area contributed by atoms with Gasteiger partial charge in [-0.1, -0.05) is 19.1 Å². The number of rotatable bonds is 7. The third-order valence-corrected chi connectivity index (χ3v) is 3.59. The Hall–Kier alpha value is -1.73. The van der Waals surface area contributed by atoms with Gasteiger partial charge in [-0.2, -0.15) is 0 Å². The molecule has 116 valence electrons. The lowest BCUT2D eigenvalue weighted by Gasteiger charge is -2.19. The van der Waals surface area contributed by atoms with Crippen molar-refractivity contribution < 1.29 is 9.59 Å². The fourth-order valence-corrected chi connectivity index (χ4v) is 2.48. The van der Waals surface area contributed by atoms with E-state index in [9.17, 15) is 9.59 Å². The highest BCUT2D eigenvalue weighted by atomic mass is 32.1. The second kappa shape index (κ2) is 8.53. The van der Waals surface area contributed by atoms with Gasteiger partial charge in [-0.3, -0.25) is 25.3 Å². The molecule has 0 aromatic carbocycles. The van der Waals surface area contributed by atoms with E-state index in [1.807, 2.05) is 31.1 Å². The molecule has 0 saturated heterocycles. The highest BCUT2D eigenvalue weighted by molar-refractivity contribution is 7.09. The Labute approximate surface area is 129 Å². The molecule has 0 aliphatic heterocycles. The Morgan fingerprint density at radius 2 is 2.00 bits per heavy atom. The van der Waals surface area contributed by atoms with Gasteiger partial charge >= 0.3 is 0 Å². The van der Waals surface area contributed by atoms with Crippen molar-refractivity contribution in [3.05, 3.63) is 28.2 Å². The van der Waals surface area contributed by atoms with Crippen molar-refractivity contribution in [3.8, 4) is 0 Å². The van der Waals surface area contributed by atoms with Gasteiger partial charge in [0.1, 0.15) is 5.01 Å². The van der Waals surface area contributed by atoms with Crippen molar-refractivity contribution in [2.24, 2.45) is 0 Å². The van der Waals surface area contributed by atoms with Crippen LogP contribution in [0.5, 0.6) is 0 Å². The minimum absolute atomic E-state index is 0.169. The first-order valence-electron chi connectivity index (χ1n) is 6.76. The van der Waals surface area contributed by atoms with E-state index in [1.54, 1.807) is 0 Å². The zero-order valence-corrected chi connectivity index (χ0v) is 13.5. The molecule has 1 aromatic heterocycles. The lowest BCUT2D eigenvalue weighted by atomic mass is 10.3. The highest BCUT2D eigenvalue weighted by Crippen LogP contribution is 2.08. The number of likely N-dealkylation sites (N-methyl/N-ethyl adjacent to an activating group) is 1. The molecule has 0 bridgehead atoms. The SMILES string of the molecule is C=C(C)CN(CC)CC(=O)NNC(=O)Cc1nc(C)cs1. The largest absolute Gasteiger partial charge is 0.291 e. The van der Waals surface area contributed by atoms with Gasteiger partial charge in [0.05, 0.1) is 13.0 Å². The summed E-state index contributed by atoms with van der Waals surface area (Å²) in [7, 11) is 0. The van der Waals surface area contributed by atoms with Crippen LogP contribution in [0.2, 0.25) is 0 Å². The monoisotopic (exact) mass is 310 g/mol. The predicted octanol–water partition coefficient (Wildman–Crippen LogP) is 1.04. The van der Waals surface area contributed by atoms with E-state index in [4.69, 9.17) is 0 Å². The number of aryl methyl sites for hydroxylation is 1. The molecule has 0 aliphatic rings. The Morgan fingerprint density at radius 3 is 2.52 bits per heavy atom. The van der Waals surface area contributed by atoms with Crippen LogP contribution < -0.4 is 10.9 Å². The van der Waals surface area contributed by atoms with Crippen LogP contribution in [0.25, 0.3) is 0 Å². The normalized spacial score (nSPS) is 10.5. The van der Waals surface area contributed by atoms with E-state index in [-0.39, 0.29) is 24.8 Å². The highest BCUT2D eigenvalue weighted by Gasteiger charge is 2.11. The standard InChI is InChI=1S/C14H22N4O2S/c1-5-18(7-10(2)3)8-13(20)17-16-12(19)6-14-15-11(4)9-21-14/h9H,2,5-8H2,1,3-4H3,(H,16,19)(H,17,20). The summed E-state index contributed by atoms with van der Waals surface area (Å²) in [5.74, 6) is -0.526. The molecule has 0 saturated carbocycles. The van der Waals surface area contributed by atoms with E-state index >= 15 is 0 Å². The predicted molar refractivity (Wildman–Crippen MR) is 83.8 cm³/mol. The number of hydrazine groups is 1. The van der Waals surface area contributed by atoms with Crippen LogP contribution in [0.4, 0.5) is 0 Å². The van der Waals surface area contributed by atoms with E-state index in [0.717, 1.165) is 22.8 Å². The van der Waals surface area contributed by atoms with Crippen LogP contribution in [0.15, 0.2) is 17.5 Å². The molecule has 7 heteroatoms. The van der Waals surface area contributed by atoms with Crippen LogP contribution in [-0.4, -0.2) is 41.3 Å². The van der Waals surface area contributed by atoms with Crippen LogP contribution in [0.1, 0.15) is 24.5 Å². The van der Waals surface area contributed by atoms with Gasteiger partial charge in [-0.05, 0) is 20.4 Å². The van der Waals surface area contributed by atoms with Gasteiger partial charge in [-0.15, -0.1) is 11.3 Å². The molecular weight excluding hydrogens is 288 g/mol. The number of nitrogens with zero attached hydrogens (tertiary/aromatic N) is 2. The van der Waals surface area contributed by atoms with Crippen LogP contribution >= 0.6 is 11.3 Å². The van der Waals surface area contributed by atoms with Crippen molar-refractivity contribution in [2.75, 3.05) is 19.6 Å². The van der Waals surface area contributed by atoms with Gasteiger partial charge < -0.3 is 0 Å². The average molecular weight is 310 g/mol. The second-order valence-electron chi connectivity index (χ2n) is 4.92. The summed E-state index contributed by atoms with van der Waals surface area (Å²) in [4.78, 5) is 29.6. The number of carbonyl (C=O) groups excluding carboxylic acids is 2. The average Bonchev–Trinajstić information content (AvgIpc) is 2.80. The summed E-state index contributed by atoms with van der Waals surface area (Å²) in [6.07, 6.45) is 0.169. The minimum Gasteiger partial charge on any atom is -0.291 e. The smallest absolute Gasteiger partial charge is 0.252 e. The Balaban J connectivity index is 2.31. The summed E-state index contributed by atoms with van der Waals surface area (Å²) in [5, 5.41) is 2.62. The number of carbonyl (C=O) groups is 2. The maximum Gasteiger partial charge on any atom is 0.252 e. The minimum atomic E-state index is -0.277. The molecule has 21 heavy (non-hydrogen) atoms. The van der Waals surface area contributed by atoms with Gasteiger partial charge in [0.2, 0.25) is 5.91 Å². The van der Waals surface area contributed by atoms with E-state index in [1.165, 1.54) is 11.3 Å². The number of hydrogen-bond acceptors (Lipinski definition) is 5. The Bertz CT molecular complexity index is 513. The molecule has 2 amide bonds. The zero-order chi connectivity index (χ0) is 15.8. The molecule has 1 rings (SSSR count). The number of thiazole rings is 1. The van der Waals surface area contributed by atoms with Crippen LogP contribution in [-0.2, 0) is 16.0 Å². The van der Waals surface area contributed by atoms with Gasteiger partial charge in [0.25, 0.3) is 5.91 Å². The van der Waals surface area contributed by atoms with E-state index < -0.39 is 0 Å². The van der Waals surface area contributed by atoms with E-state index in [0.29, 0.717) is 6.54 Å². The second-order valence-corrected chi connectivity index (χ2v) is 5.86. The topological polar surface area (TPSA) is 74.3 Å². The fraction of sp³-hybridized carbons (Fsp3) is 0.500. The molecule has 0 spiro atoms.